The van der Waals surface area contributed by atoms with Crippen molar-refractivity contribution in [1.29, 1.82) is 0 Å². The maximum absolute atomic E-state index is 6.08. The molecule has 3 heterocycles. The van der Waals surface area contributed by atoms with Gasteiger partial charge in [0.05, 0.1) is 5.02 Å². The molecule has 0 amide bonds. The predicted molar refractivity (Wildman–Crippen MR) is 87.7 cm³/mol. The molecule has 8 heteroatoms. The van der Waals surface area contributed by atoms with Crippen LogP contribution in [0.2, 0.25) is 5.02 Å². The highest BCUT2D eigenvalue weighted by Crippen LogP contribution is 2.25. The van der Waals surface area contributed by atoms with E-state index in [2.05, 4.69) is 20.3 Å². The lowest BCUT2D eigenvalue weighted by Gasteiger charge is -2.04. The number of para-hydroxylation sites is 1. The van der Waals surface area contributed by atoms with Crippen LogP contribution in [-0.2, 0) is 6.61 Å². The molecule has 0 saturated carbocycles. The van der Waals surface area contributed by atoms with E-state index in [0.717, 1.165) is 10.6 Å². The van der Waals surface area contributed by atoms with Crippen LogP contribution in [-0.4, -0.2) is 24.8 Å². The van der Waals surface area contributed by atoms with Crippen molar-refractivity contribution in [1.82, 2.24) is 24.8 Å². The molecule has 4 rings (SSSR count). The number of hydrogen-bond donors (Lipinski definition) is 0. The van der Waals surface area contributed by atoms with Crippen molar-refractivity contribution in [3.05, 3.63) is 58.8 Å². The van der Waals surface area contributed by atoms with Gasteiger partial charge in [0.1, 0.15) is 12.4 Å². The van der Waals surface area contributed by atoms with Gasteiger partial charge in [-0.05, 0) is 24.3 Å². The van der Waals surface area contributed by atoms with E-state index in [1.54, 1.807) is 23.0 Å². The van der Waals surface area contributed by atoms with Gasteiger partial charge in [0, 0.05) is 18.0 Å². The number of ether oxygens (including phenoxy) is 1. The van der Waals surface area contributed by atoms with Crippen molar-refractivity contribution < 1.29 is 4.74 Å². The molecule has 3 aromatic heterocycles. The second-order valence-electron chi connectivity index (χ2n) is 4.67. The van der Waals surface area contributed by atoms with Gasteiger partial charge in [-0.3, -0.25) is 4.98 Å². The Morgan fingerprint density at radius 1 is 1.13 bits per heavy atom. The summed E-state index contributed by atoms with van der Waals surface area (Å²) >= 11 is 7.50. The molecule has 23 heavy (non-hydrogen) atoms. The van der Waals surface area contributed by atoms with Gasteiger partial charge < -0.3 is 4.74 Å². The largest absolute Gasteiger partial charge is 0.485 e. The van der Waals surface area contributed by atoms with Crippen LogP contribution in [0.1, 0.15) is 5.01 Å². The van der Waals surface area contributed by atoms with E-state index >= 15 is 0 Å². The molecule has 0 aliphatic carbocycles. The van der Waals surface area contributed by atoms with Gasteiger partial charge in [-0.2, -0.15) is 9.61 Å². The first kappa shape index (κ1) is 14.1. The number of fused-ring (bicyclic) bond motifs is 1. The molecule has 0 aliphatic rings. The second-order valence-corrected chi connectivity index (χ2v) is 6.12. The quantitative estimate of drug-likeness (QED) is 0.567. The first-order valence-corrected chi connectivity index (χ1v) is 7.99. The summed E-state index contributed by atoms with van der Waals surface area (Å²) in [7, 11) is 0. The van der Waals surface area contributed by atoms with Crippen molar-refractivity contribution >= 4 is 27.9 Å². The molecular formula is C15H10ClN5OS. The number of rotatable bonds is 4. The average molecular weight is 344 g/mol. The van der Waals surface area contributed by atoms with Crippen LogP contribution in [0.5, 0.6) is 5.75 Å². The normalized spacial score (nSPS) is 11.0. The number of nitrogens with zero attached hydrogens (tertiary/aromatic N) is 5. The summed E-state index contributed by atoms with van der Waals surface area (Å²) in [6.07, 6.45) is 3.45. The first-order valence-electron chi connectivity index (χ1n) is 6.80. The molecule has 0 radical (unpaired) electrons. The number of aromatic nitrogens is 5. The summed E-state index contributed by atoms with van der Waals surface area (Å²) in [5, 5.41) is 14.2. The van der Waals surface area contributed by atoms with Crippen molar-refractivity contribution in [3.63, 3.8) is 0 Å². The molecule has 6 nitrogen and oxygen atoms in total. The van der Waals surface area contributed by atoms with Crippen LogP contribution in [0, 0.1) is 0 Å². The highest BCUT2D eigenvalue weighted by molar-refractivity contribution is 7.16. The SMILES string of the molecule is Clc1ccccc1OCc1nn2c(-c3cccnc3)nnc2s1. The number of pyridine rings is 1. The van der Waals surface area contributed by atoms with Gasteiger partial charge >= 0.3 is 0 Å². The minimum Gasteiger partial charge on any atom is -0.485 e. The molecular weight excluding hydrogens is 334 g/mol. The fraction of sp³-hybridized carbons (Fsp3) is 0.0667. The Hall–Kier alpha value is -2.51. The minimum atomic E-state index is 0.324. The van der Waals surface area contributed by atoms with Gasteiger partial charge in [0.15, 0.2) is 10.8 Å². The van der Waals surface area contributed by atoms with Crippen LogP contribution in [0.25, 0.3) is 16.3 Å². The molecule has 4 aromatic rings. The lowest BCUT2D eigenvalue weighted by Crippen LogP contribution is -1.98. The highest BCUT2D eigenvalue weighted by Gasteiger charge is 2.14. The zero-order chi connectivity index (χ0) is 15.6. The monoisotopic (exact) mass is 343 g/mol. The summed E-state index contributed by atoms with van der Waals surface area (Å²) < 4.78 is 7.41. The first-order chi connectivity index (χ1) is 11.3. The third kappa shape index (κ3) is 2.76. The summed E-state index contributed by atoms with van der Waals surface area (Å²) in [5.41, 5.74) is 0.865. The van der Waals surface area contributed by atoms with Crippen molar-refractivity contribution in [2.75, 3.05) is 0 Å². The molecule has 114 valence electrons. The minimum absolute atomic E-state index is 0.324. The van der Waals surface area contributed by atoms with E-state index in [1.807, 2.05) is 30.3 Å². The van der Waals surface area contributed by atoms with Crippen molar-refractivity contribution in [2.24, 2.45) is 0 Å². The zero-order valence-corrected chi connectivity index (χ0v) is 13.3. The second kappa shape index (κ2) is 5.94. The fourth-order valence-corrected chi connectivity index (χ4v) is 3.03. The Morgan fingerprint density at radius 3 is 2.87 bits per heavy atom. The third-order valence-electron chi connectivity index (χ3n) is 3.14. The summed E-state index contributed by atoms with van der Waals surface area (Å²) in [5.74, 6) is 1.29. The van der Waals surface area contributed by atoms with Gasteiger partial charge in [0.2, 0.25) is 4.96 Å². The third-order valence-corrected chi connectivity index (χ3v) is 4.32. The Balaban J connectivity index is 1.60. The fourth-order valence-electron chi connectivity index (χ4n) is 2.09. The lowest BCUT2D eigenvalue weighted by atomic mass is 10.3. The zero-order valence-electron chi connectivity index (χ0n) is 11.8. The Kier molecular flexibility index (Phi) is 3.64. The Labute approximate surface area is 140 Å². The summed E-state index contributed by atoms with van der Waals surface area (Å²) in [6, 6.07) is 11.1. The van der Waals surface area contributed by atoms with Gasteiger partial charge in [-0.25, -0.2) is 0 Å². The van der Waals surface area contributed by atoms with Crippen LogP contribution < -0.4 is 4.74 Å². The van der Waals surface area contributed by atoms with Gasteiger partial charge in [-0.1, -0.05) is 35.1 Å². The molecule has 0 spiro atoms. The molecule has 0 saturated heterocycles. The van der Waals surface area contributed by atoms with Crippen molar-refractivity contribution in [2.45, 2.75) is 6.61 Å². The summed E-state index contributed by atoms with van der Waals surface area (Å²) in [4.78, 5) is 4.80. The molecule has 0 unspecified atom stereocenters. The molecule has 0 atom stereocenters. The van der Waals surface area contributed by atoms with E-state index in [1.165, 1.54) is 11.3 Å². The highest BCUT2D eigenvalue weighted by atomic mass is 35.5. The Bertz CT molecular complexity index is 953. The van der Waals surface area contributed by atoms with E-state index in [-0.39, 0.29) is 0 Å². The van der Waals surface area contributed by atoms with Crippen LogP contribution >= 0.6 is 22.9 Å². The van der Waals surface area contributed by atoms with E-state index < -0.39 is 0 Å². The van der Waals surface area contributed by atoms with E-state index in [9.17, 15) is 0 Å². The maximum atomic E-state index is 6.08. The molecule has 0 bridgehead atoms. The lowest BCUT2D eigenvalue weighted by molar-refractivity contribution is 0.304. The number of benzene rings is 1. The summed E-state index contributed by atoms with van der Waals surface area (Å²) in [6.45, 7) is 0.324. The number of hydrogen-bond acceptors (Lipinski definition) is 6. The topological polar surface area (TPSA) is 65.2 Å². The standard InChI is InChI=1S/C15H10ClN5OS/c16-11-5-1-2-6-12(11)22-9-13-20-21-14(18-19-15(21)23-13)10-4-3-7-17-8-10/h1-8H,9H2. The van der Waals surface area contributed by atoms with Crippen LogP contribution in [0.3, 0.4) is 0 Å². The maximum Gasteiger partial charge on any atom is 0.235 e. The van der Waals surface area contributed by atoms with Crippen LogP contribution in [0.4, 0.5) is 0 Å². The van der Waals surface area contributed by atoms with Crippen molar-refractivity contribution in [3.8, 4) is 17.1 Å². The molecule has 0 N–H and O–H groups in total. The van der Waals surface area contributed by atoms with Gasteiger partial charge in [0.25, 0.3) is 0 Å². The number of halogens is 1. The smallest absolute Gasteiger partial charge is 0.235 e. The van der Waals surface area contributed by atoms with E-state index in [0.29, 0.717) is 28.2 Å². The van der Waals surface area contributed by atoms with Crippen LogP contribution in [0.15, 0.2) is 48.8 Å². The molecule has 0 fully saturated rings. The molecule has 0 aliphatic heterocycles. The molecule has 1 aromatic carbocycles. The van der Waals surface area contributed by atoms with Gasteiger partial charge in [-0.15, -0.1) is 10.2 Å². The average Bonchev–Trinajstić information content (AvgIpc) is 3.15. The predicted octanol–water partition coefficient (Wildman–Crippen LogP) is 3.48. The Morgan fingerprint density at radius 2 is 2.04 bits per heavy atom. The van der Waals surface area contributed by atoms with E-state index in [4.69, 9.17) is 16.3 Å².